The fourth-order valence-corrected chi connectivity index (χ4v) is 3.72. The van der Waals surface area contributed by atoms with Crippen molar-refractivity contribution < 1.29 is 27.9 Å². The van der Waals surface area contributed by atoms with E-state index in [0.29, 0.717) is 12.8 Å². The summed E-state index contributed by atoms with van der Waals surface area (Å²) in [6.07, 6.45) is 1.03. The van der Waals surface area contributed by atoms with Crippen molar-refractivity contribution in [1.82, 2.24) is 9.03 Å². The van der Waals surface area contributed by atoms with Gasteiger partial charge in [0.15, 0.2) is 0 Å². The molecule has 1 unspecified atom stereocenters. The summed E-state index contributed by atoms with van der Waals surface area (Å²) in [5, 5.41) is 8.90. The molecule has 1 fully saturated rings. The predicted molar refractivity (Wildman–Crippen MR) is 70.1 cm³/mol. The summed E-state index contributed by atoms with van der Waals surface area (Å²) in [5.41, 5.74) is 0. The molecule has 1 saturated heterocycles. The number of nitrogens with zero attached hydrogens (tertiary/aromatic N) is 1. The predicted octanol–water partition coefficient (Wildman–Crippen LogP) is -0.288. The van der Waals surface area contributed by atoms with Crippen molar-refractivity contribution in [3.8, 4) is 0 Å². The van der Waals surface area contributed by atoms with Crippen molar-refractivity contribution in [2.24, 2.45) is 0 Å². The zero-order chi connectivity index (χ0) is 15.3. The number of ether oxygens (including phenoxy) is 1. The van der Waals surface area contributed by atoms with Crippen molar-refractivity contribution >= 4 is 22.1 Å². The molecule has 116 valence electrons. The highest BCUT2D eigenvalue weighted by atomic mass is 32.2. The SMILES string of the molecule is CCOC(=O)C1CCCN1S(=O)(=O)N[C@@H](CC)C(=O)O. The van der Waals surface area contributed by atoms with Gasteiger partial charge >= 0.3 is 11.9 Å². The molecule has 0 bridgehead atoms. The first kappa shape index (κ1) is 16.9. The maximum Gasteiger partial charge on any atom is 0.324 e. The number of esters is 1. The Labute approximate surface area is 118 Å². The quantitative estimate of drug-likeness (QED) is 0.625. The van der Waals surface area contributed by atoms with Gasteiger partial charge in [-0.2, -0.15) is 17.4 Å². The minimum atomic E-state index is -4.03. The first-order chi connectivity index (χ1) is 9.33. The van der Waals surface area contributed by atoms with Gasteiger partial charge in [0.2, 0.25) is 0 Å². The van der Waals surface area contributed by atoms with E-state index in [9.17, 15) is 18.0 Å². The van der Waals surface area contributed by atoms with Crippen LogP contribution < -0.4 is 4.72 Å². The summed E-state index contributed by atoms with van der Waals surface area (Å²) >= 11 is 0. The number of rotatable bonds is 7. The van der Waals surface area contributed by atoms with E-state index in [1.165, 1.54) is 0 Å². The molecule has 20 heavy (non-hydrogen) atoms. The van der Waals surface area contributed by atoms with Gasteiger partial charge in [0, 0.05) is 6.54 Å². The molecule has 9 heteroatoms. The van der Waals surface area contributed by atoms with Crippen LogP contribution >= 0.6 is 0 Å². The van der Waals surface area contributed by atoms with Crippen LogP contribution in [0, 0.1) is 0 Å². The Balaban J connectivity index is 2.85. The molecule has 1 aliphatic heterocycles. The van der Waals surface area contributed by atoms with Gasteiger partial charge in [0.25, 0.3) is 10.2 Å². The summed E-state index contributed by atoms with van der Waals surface area (Å²) in [6.45, 7) is 3.55. The molecule has 0 spiro atoms. The lowest BCUT2D eigenvalue weighted by molar-refractivity contribution is -0.146. The molecule has 1 heterocycles. The third kappa shape index (κ3) is 3.90. The summed E-state index contributed by atoms with van der Waals surface area (Å²) < 4.78 is 32.3. The summed E-state index contributed by atoms with van der Waals surface area (Å²) in [6, 6.07) is -2.08. The average molecular weight is 308 g/mol. The Morgan fingerprint density at radius 1 is 1.45 bits per heavy atom. The Bertz CT molecular complexity index is 464. The topological polar surface area (TPSA) is 113 Å². The molecular formula is C11H20N2O6S. The van der Waals surface area contributed by atoms with E-state index in [1.807, 2.05) is 0 Å². The molecule has 0 aliphatic carbocycles. The average Bonchev–Trinajstić information content (AvgIpc) is 2.86. The van der Waals surface area contributed by atoms with Crippen LogP contribution in [0.5, 0.6) is 0 Å². The lowest BCUT2D eigenvalue weighted by atomic mass is 10.2. The van der Waals surface area contributed by atoms with Crippen LogP contribution in [-0.4, -0.2) is 55.0 Å². The molecule has 0 aromatic carbocycles. The van der Waals surface area contributed by atoms with E-state index in [-0.39, 0.29) is 19.6 Å². The van der Waals surface area contributed by atoms with Gasteiger partial charge in [-0.25, -0.2) is 0 Å². The number of carbonyl (C=O) groups excluding carboxylic acids is 1. The Morgan fingerprint density at radius 3 is 2.60 bits per heavy atom. The van der Waals surface area contributed by atoms with Crippen LogP contribution in [0.15, 0.2) is 0 Å². The van der Waals surface area contributed by atoms with E-state index >= 15 is 0 Å². The van der Waals surface area contributed by atoms with E-state index in [1.54, 1.807) is 13.8 Å². The zero-order valence-electron chi connectivity index (χ0n) is 11.5. The molecule has 0 radical (unpaired) electrons. The smallest absolute Gasteiger partial charge is 0.324 e. The highest BCUT2D eigenvalue weighted by Crippen LogP contribution is 2.21. The number of nitrogens with one attached hydrogen (secondary N) is 1. The second kappa shape index (κ2) is 7.00. The fourth-order valence-electron chi connectivity index (χ4n) is 2.06. The lowest BCUT2D eigenvalue weighted by Gasteiger charge is -2.24. The zero-order valence-corrected chi connectivity index (χ0v) is 12.4. The molecule has 0 saturated carbocycles. The highest BCUT2D eigenvalue weighted by Gasteiger charge is 2.40. The Hall–Kier alpha value is -1.19. The monoisotopic (exact) mass is 308 g/mol. The minimum Gasteiger partial charge on any atom is -0.480 e. The van der Waals surface area contributed by atoms with Gasteiger partial charge in [0.05, 0.1) is 6.61 Å². The van der Waals surface area contributed by atoms with Gasteiger partial charge in [0.1, 0.15) is 12.1 Å². The van der Waals surface area contributed by atoms with Crippen molar-refractivity contribution in [3.63, 3.8) is 0 Å². The third-order valence-corrected chi connectivity index (χ3v) is 4.71. The second-order valence-electron chi connectivity index (χ2n) is 4.44. The number of aliphatic carboxylic acids is 1. The molecule has 1 aliphatic rings. The highest BCUT2D eigenvalue weighted by molar-refractivity contribution is 7.87. The van der Waals surface area contributed by atoms with Gasteiger partial charge in [-0.15, -0.1) is 0 Å². The van der Waals surface area contributed by atoms with E-state index in [0.717, 1.165) is 4.31 Å². The molecule has 0 amide bonds. The summed E-state index contributed by atoms with van der Waals surface area (Å²) in [5.74, 6) is -1.85. The normalized spacial score (nSPS) is 21.6. The lowest BCUT2D eigenvalue weighted by Crippen LogP contribution is -2.51. The Morgan fingerprint density at radius 2 is 2.10 bits per heavy atom. The van der Waals surface area contributed by atoms with Gasteiger partial charge in [-0.1, -0.05) is 6.92 Å². The Kier molecular flexibility index (Phi) is 5.90. The maximum absolute atomic E-state index is 12.2. The van der Waals surface area contributed by atoms with Crippen LogP contribution in [0.1, 0.15) is 33.1 Å². The van der Waals surface area contributed by atoms with E-state index in [4.69, 9.17) is 9.84 Å². The molecular weight excluding hydrogens is 288 g/mol. The van der Waals surface area contributed by atoms with Crippen LogP contribution in [0.3, 0.4) is 0 Å². The molecule has 0 aromatic rings. The standard InChI is InChI=1S/C11H20N2O6S/c1-3-8(10(14)15)12-20(17,18)13-7-5-6-9(13)11(16)19-4-2/h8-9,12H,3-7H2,1-2H3,(H,14,15)/t8-,9?/m0/s1. The second-order valence-corrected chi connectivity index (χ2v) is 6.10. The van der Waals surface area contributed by atoms with Crippen LogP contribution in [-0.2, 0) is 24.5 Å². The molecule has 2 N–H and O–H groups in total. The molecule has 0 aromatic heterocycles. The number of hydrogen-bond donors (Lipinski definition) is 2. The summed E-state index contributed by atoms with van der Waals surface area (Å²) in [4.78, 5) is 22.6. The van der Waals surface area contributed by atoms with Crippen LogP contribution in [0.2, 0.25) is 0 Å². The van der Waals surface area contributed by atoms with E-state index < -0.39 is 34.2 Å². The molecule has 1 rings (SSSR count). The van der Waals surface area contributed by atoms with Gasteiger partial charge in [-0.3, -0.25) is 9.59 Å². The van der Waals surface area contributed by atoms with Gasteiger partial charge < -0.3 is 9.84 Å². The van der Waals surface area contributed by atoms with Crippen molar-refractivity contribution in [2.45, 2.75) is 45.2 Å². The van der Waals surface area contributed by atoms with E-state index in [2.05, 4.69) is 4.72 Å². The maximum atomic E-state index is 12.2. The van der Waals surface area contributed by atoms with Crippen molar-refractivity contribution in [3.05, 3.63) is 0 Å². The number of carbonyl (C=O) groups is 2. The largest absolute Gasteiger partial charge is 0.480 e. The third-order valence-electron chi connectivity index (χ3n) is 3.07. The fraction of sp³-hybridized carbons (Fsp3) is 0.818. The number of hydrogen-bond acceptors (Lipinski definition) is 5. The minimum absolute atomic E-state index is 0.118. The number of carboxylic acids is 1. The van der Waals surface area contributed by atoms with Gasteiger partial charge in [-0.05, 0) is 26.2 Å². The van der Waals surface area contributed by atoms with Crippen molar-refractivity contribution in [2.75, 3.05) is 13.2 Å². The number of carboxylic acid groups (broad SMARTS) is 1. The molecule has 8 nitrogen and oxygen atoms in total. The van der Waals surface area contributed by atoms with Crippen LogP contribution in [0.25, 0.3) is 0 Å². The first-order valence-electron chi connectivity index (χ1n) is 6.52. The van der Waals surface area contributed by atoms with Crippen LogP contribution in [0.4, 0.5) is 0 Å². The van der Waals surface area contributed by atoms with Crippen molar-refractivity contribution in [1.29, 1.82) is 0 Å². The summed E-state index contributed by atoms with van der Waals surface area (Å²) in [7, 11) is -4.03. The first-order valence-corrected chi connectivity index (χ1v) is 7.96. The molecule has 2 atom stereocenters.